The van der Waals surface area contributed by atoms with Crippen molar-refractivity contribution in [2.24, 2.45) is 4.99 Å². The maximum absolute atomic E-state index is 12.2. The molecule has 0 radical (unpaired) electrons. The monoisotopic (exact) mass is 398 g/mol. The lowest BCUT2D eigenvalue weighted by Gasteiger charge is -2.26. The molecule has 0 fully saturated rings. The predicted octanol–water partition coefficient (Wildman–Crippen LogP) is 2.23. The van der Waals surface area contributed by atoms with Gasteiger partial charge in [0.2, 0.25) is 5.91 Å². The van der Waals surface area contributed by atoms with Gasteiger partial charge < -0.3 is 16.0 Å². The normalized spacial score (nSPS) is 17.4. The zero-order chi connectivity index (χ0) is 19.8. The summed E-state index contributed by atoms with van der Waals surface area (Å²) in [5.41, 5.74) is 3.09. The van der Waals surface area contributed by atoms with Gasteiger partial charge in [0.05, 0.1) is 0 Å². The third-order valence-electron chi connectivity index (χ3n) is 4.64. The van der Waals surface area contributed by atoms with Gasteiger partial charge in [0.1, 0.15) is 0 Å². The molecule has 6 nitrogen and oxygen atoms in total. The third kappa shape index (κ3) is 5.66. The van der Waals surface area contributed by atoms with Crippen molar-refractivity contribution < 1.29 is 9.00 Å². The van der Waals surface area contributed by atoms with Crippen molar-refractivity contribution >= 4 is 28.4 Å². The van der Waals surface area contributed by atoms with E-state index in [9.17, 15) is 9.00 Å². The van der Waals surface area contributed by atoms with Crippen LogP contribution in [-0.4, -0.2) is 42.0 Å². The van der Waals surface area contributed by atoms with Crippen LogP contribution in [0.4, 0.5) is 5.69 Å². The van der Waals surface area contributed by atoms with E-state index in [4.69, 9.17) is 0 Å². The highest BCUT2D eigenvalue weighted by Gasteiger charge is 2.24. The molecule has 2 aromatic carbocycles. The molecule has 1 amide bonds. The van der Waals surface area contributed by atoms with Crippen LogP contribution in [0.1, 0.15) is 23.5 Å². The summed E-state index contributed by atoms with van der Waals surface area (Å²) in [6.07, 6.45) is 0.447. The van der Waals surface area contributed by atoms with Crippen LogP contribution in [0, 0.1) is 0 Å². The molecular weight excluding hydrogens is 372 g/mol. The second kappa shape index (κ2) is 10.0. The Morgan fingerprint density at radius 3 is 2.68 bits per heavy atom. The Hall–Kier alpha value is -2.67. The fraction of sp³-hybridized carbons (Fsp3) is 0.333. The molecule has 2 unspecified atom stereocenters. The molecule has 1 aliphatic rings. The van der Waals surface area contributed by atoms with E-state index in [1.54, 1.807) is 7.05 Å². The van der Waals surface area contributed by atoms with E-state index in [0.29, 0.717) is 37.0 Å². The first-order valence-electron chi connectivity index (χ1n) is 9.38. The molecule has 2 atom stereocenters. The summed E-state index contributed by atoms with van der Waals surface area (Å²) in [5, 5.41) is 9.40. The van der Waals surface area contributed by atoms with Crippen LogP contribution in [0.25, 0.3) is 0 Å². The van der Waals surface area contributed by atoms with Crippen molar-refractivity contribution in [2.45, 2.75) is 18.1 Å². The minimum Gasteiger partial charge on any atom is -0.356 e. The van der Waals surface area contributed by atoms with Gasteiger partial charge in [0.25, 0.3) is 0 Å². The Morgan fingerprint density at radius 1 is 1.14 bits per heavy atom. The van der Waals surface area contributed by atoms with Crippen LogP contribution in [0.5, 0.6) is 0 Å². The smallest absolute Gasteiger partial charge is 0.225 e. The van der Waals surface area contributed by atoms with Gasteiger partial charge in [-0.15, -0.1) is 0 Å². The minimum absolute atomic E-state index is 0.0322. The first-order valence-corrected chi connectivity index (χ1v) is 10.9. The molecule has 1 aliphatic heterocycles. The van der Waals surface area contributed by atoms with Crippen molar-refractivity contribution in [3.05, 3.63) is 65.7 Å². The number of fused-ring (bicyclic) bond motifs is 1. The number of benzene rings is 2. The van der Waals surface area contributed by atoms with E-state index in [1.807, 2.05) is 54.6 Å². The maximum Gasteiger partial charge on any atom is 0.225 e. The topological polar surface area (TPSA) is 82.6 Å². The van der Waals surface area contributed by atoms with Crippen molar-refractivity contribution in [2.75, 3.05) is 31.2 Å². The Bertz CT molecular complexity index is 854. The fourth-order valence-electron chi connectivity index (χ4n) is 3.24. The molecule has 7 heteroatoms. The summed E-state index contributed by atoms with van der Waals surface area (Å²) < 4.78 is 12.2. The van der Waals surface area contributed by atoms with Crippen molar-refractivity contribution in [1.82, 2.24) is 10.6 Å². The zero-order valence-electron chi connectivity index (χ0n) is 16.0. The lowest BCUT2D eigenvalue weighted by Crippen LogP contribution is -2.42. The number of hydrogen-bond donors (Lipinski definition) is 3. The summed E-state index contributed by atoms with van der Waals surface area (Å²) in [6, 6.07) is 17.7. The molecule has 3 N–H and O–H groups in total. The Kier molecular flexibility index (Phi) is 7.19. The van der Waals surface area contributed by atoms with Gasteiger partial charge in [-0.25, -0.2) is 0 Å². The Labute approximate surface area is 168 Å². The van der Waals surface area contributed by atoms with Crippen LogP contribution in [0.3, 0.4) is 0 Å². The Balaban J connectivity index is 1.45. The standard InChI is InChI=1S/C21H26N4O2S/c1-22-21(23-11-12-28(27)15-16-7-3-2-4-8-16)24-14-17-13-20(26)25-19-10-6-5-9-18(17)19/h2-10,17H,11-15H2,1H3,(H,25,26)(H2,22,23,24). The number of nitrogens with one attached hydrogen (secondary N) is 3. The molecule has 1 heterocycles. The third-order valence-corrected chi connectivity index (χ3v) is 5.95. The number of rotatable bonds is 7. The fourth-order valence-corrected chi connectivity index (χ4v) is 4.28. The van der Waals surface area contributed by atoms with E-state index < -0.39 is 10.8 Å². The first kappa shape index (κ1) is 20.1. The van der Waals surface area contributed by atoms with Gasteiger partial charge in [-0.05, 0) is 17.2 Å². The van der Waals surface area contributed by atoms with Crippen molar-refractivity contribution in [3.8, 4) is 0 Å². The van der Waals surface area contributed by atoms with Crippen LogP contribution < -0.4 is 16.0 Å². The van der Waals surface area contributed by atoms with Crippen molar-refractivity contribution in [3.63, 3.8) is 0 Å². The van der Waals surface area contributed by atoms with E-state index in [0.717, 1.165) is 16.8 Å². The van der Waals surface area contributed by atoms with Gasteiger partial charge in [-0.2, -0.15) is 0 Å². The second-order valence-corrected chi connectivity index (χ2v) is 8.27. The van der Waals surface area contributed by atoms with E-state index >= 15 is 0 Å². The van der Waals surface area contributed by atoms with Crippen LogP contribution in [-0.2, 0) is 21.3 Å². The highest BCUT2D eigenvalue weighted by Crippen LogP contribution is 2.31. The predicted molar refractivity (Wildman–Crippen MR) is 115 cm³/mol. The average Bonchev–Trinajstić information content (AvgIpc) is 2.71. The summed E-state index contributed by atoms with van der Waals surface area (Å²) in [5.74, 6) is 1.88. The molecule has 2 aromatic rings. The Morgan fingerprint density at radius 2 is 1.89 bits per heavy atom. The van der Waals surface area contributed by atoms with Gasteiger partial charge in [0, 0.05) is 60.5 Å². The van der Waals surface area contributed by atoms with Gasteiger partial charge in [-0.3, -0.25) is 14.0 Å². The minimum atomic E-state index is -0.930. The molecular formula is C21H26N4O2S. The molecule has 3 rings (SSSR count). The second-order valence-electron chi connectivity index (χ2n) is 6.69. The van der Waals surface area contributed by atoms with Gasteiger partial charge in [-0.1, -0.05) is 48.5 Å². The number of carbonyl (C=O) groups is 1. The van der Waals surface area contributed by atoms with Crippen LogP contribution >= 0.6 is 0 Å². The van der Waals surface area contributed by atoms with Crippen LogP contribution in [0.2, 0.25) is 0 Å². The quantitative estimate of drug-likeness (QED) is 0.493. The van der Waals surface area contributed by atoms with Gasteiger partial charge in [0.15, 0.2) is 5.96 Å². The number of guanidine groups is 1. The van der Waals surface area contributed by atoms with E-state index in [2.05, 4.69) is 20.9 Å². The first-order chi connectivity index (χ1) is 13.7. The van der Waals surface area contributed by atoms with Crippen LogP contribution in [0.15, 0.2) is 59.6 Å². The molecule has 148 valence electrons. The lowest BCUT2D eigenvalue weighted by molar-refractivity contribution is -0.116. The maximum atomic E-state index is 12.2. The molecule has 0 saturated carbocycles. The largest absolute Gasteiger partial charge is 0.356 e. The molecule has 0 aliphatic carbocycles. The lowest BCUT2D eigenvalue weighted by atomic mass is 9.90. The number of hydrogen-bond acceptors (Lipinski definition) is 3. The number of anilines is 1. The SMILES string of the molecule is CN=C(NCCS(=O)Cc1ccccc1)NCC1CC(=O)Nc2ccccc21. The zero-order valence-corrected chi connectivity index (χ0v) is 16.8. The molecule has 0 bridgehead atoms. The molecule has 0 spiro atoms. The number of nitrogens with zero attached hydrogens (tertiary/aromatic N) is 1. The highest BCUT2D eigenvalue weighted by atomic mass is 32.2. The summed E-state index contributed by atoms with van der Waals surface area (Å²) in [7, 11) is 0.776. The summed E-state index contributed by atoms with van der Waals surface area (Å²) in [6.45, 7) is 1.18. The average molecular weight is 399 g/mol. The summed E-state index contributed by atoms with van der Waals surface area (Å²) in [4.78, 5) is 16.2. The molecule has 0 saturated heterocycles. The number of aliphatic imine (C=N–C) groups is 1. The molecule has 0 aromatic heterocycles. The van der Waals surface area contributed by atoms with Crippen molar-refractivity contribution in [1.29, 1.82) is 0 Å². The van der Waals surface area contributed by atoms with Gasteiger partial charge >= 0.3 is 0 Å². The van der Waals surface area contributed by atoms with E-state index in [-0.39, 0.29) is 11.8 Å². The van der Waals surface area contributed by atoms with E-state index in [1.165, 1.54) is 0 Å². The number of amides is 1. The number of carbonyl (C=O) groups excluding carboxylic acids is 1. The highest BCUT2D eigenvalue weighted by molar-refractivity contribution is 7.84. The molecule has 28 heavy (non-hydrogen) atoms. The summed E-state index contributed by atoms with van der Waals surface area (Å²) >= 11 is 0. The number of para-hydroxylation sites is 1.